The van der Waals surface area contributed by atoms with Gasteiger partial charge in [-0.1, -0.05) is 12.1 Å². The Morgan fingerprint density at radius 3 is 2.95 bits per heavy atom. The van der Waals surface area contributed by atoms with E-state index < -0.39 is 10.0 Å². The zero-order chi connectivity index (χ0) is 13.5. The second-order valence-corrected chi connectivity index (χ2v) is 7.69. The van der Waals surface area contributed by atoms with Crippen LogP contribution >= 0.6 is 11.3 Å². The van der Waals surface area contributed by atoms with Crippen molar-refractivity contribution in [3.05, 3.63) is 28.9 Å². The van der Waals surface area contributed by atoms with Gasteiger partial charge in [0, 0.05) is 11.4 Å². The first-order valence-electron chi connectivity index (χ1n) is 6.07. The molecular formula is C11H14N4O2S2. The fourth-order valence-corrected chi connectivity index (χ4v) is 4.93. The summed E-state index contributed by atoms with van der Waals surface area (Å²) in [5.74, 6) is 0. The zero-order valence-corrected chi connectivity index (χ0v) is 12.1. The molecule has 3 heterocycles. The van der Waals surface area contributed by atoms with Gasteiger partial charge in [0.2, 0.25) is 0 Å². The molecule has 0 saturated heterocycles. The highest BCUT2D eigenvalue weighted by Gasteiger charge is 2.30. The molecule has 102 valence electrons. The minimum Gasteiger partial charge on any atom is -0.247 e. The van der Waals surface area contributed by atoms with E-state index in [0.717, 1.165) is 17.0 Å². The quantitative estimate of drug-likeness (QED) is 0.851. The molecule has 8 heteroatoms. The van der Waals surface area contributed by atoms with E-state index in [-0.39, 0.29) is 0 Å². The second-order valence-electron chi connectivity index (χ2n) is 4.36. The van der Waals surface area contributed by atoms with Gasteiger partial charge in [0.1, 0.15) is 4.21 Å². The highest BCUT2D eigenvalue weighted by Crippen LogP contribution is 2.27. The lowest BCUT2D eigenvalue weighted by atomic mass is 10.4. The van der Waals surface area contributed by atoms with Crippen LogP contribution in [0, 0.1) is 0 Å². The van der Waals surface area contributed by atoms with Crippen molar-refractivity contribution < 1.29 is 8.42 Å². The Morgan fingerprint density at radius 2 is 2.21 bits per heavy atom. The molecule has 0 atom stereocenters. The van der Waals surface area contributed by atoms with Crippen molar-refractivity contribution in [3.63, 3.8) is 0 Å². The van der Waals surface area contributed by atoms with Crippen LogP contribution in [-0.4, -0.2) is 34.3 Å². The number of aromatic nitrogens is 3. The third-order valence-corrected chi connectivity index (χ3v) is 6.72. The van der Waals surface area contributed by atoms with E-state index in [4.69, 9.17) is 0 Å². The topological polar surface area (TPSA) is 68.1 Å². The summed E-state index contributed by atoms with van der Waals surface area (Å²) in [4.78, 5) is 1.09. The van der Waals surface area contributed by atoms with E-state index in [1.54, 1.807) is 16.9 Å². The van der Waals surface area contributed by atoms with Crippen LogP contribution in [0.15, 0.2) is 22.5 Å². The lowest BCUT2D eigenvalue weighted by molar-refractivity contribution is 0.325. The van der Waals surface area contributed by atoms with Gasteiger partial charge in [0.25, 0.3) is 10.0 Å². The van der Waals surface area contributed by atoms with E-state index in [0.29, 0.717) is 23.8 Å². The molecule has 1 aliphatic heterocycles. The first-order valence-corrected chi connectivity index (χ1v) is 8.33. The molecule has 3 rings (SSSR count). The summed E-state index contributed by atoms with van der Waals surface area (Å²) in [6, 6.07) is 3.58. The molecule has 6 nitrogen and oxygen atoms in total. The molecule has 0 radical (unpaired) electrons. The summed E-state index contributed by atoms with van der Waals surface area (Å²) < 4.78 is 28.7. The molecule has 0 saturated carbocycles. The van der Waals surface area contributed by atoms with Gasteiger partial charge in [0.15, 0.2) is 0 Å². The van der Waals surface area contributed by atoms with Crippen LogP contribution in [-0.2, 0) is 29.5 Å². The summed E-state index contributed by atoms with van der Waals surface area (Å²) in [6.45, 7) is 3.36. The average molecular weight is 298 g/mol. The largest absolute Gasteiger partial charge is 0.252 e. The molecule has 2 aromatic rings. The van der Waals surface area contributed by atoms with Crippen LogP contribution in [0.5, 0.6) is 0 Å². The molecule has 0 unspecified atom stereocenters. The standard InChI is InChI=1S/C11H14N4O2S2/c1-2-10-3-4-11(18-10)19(16,17)14-5-6-15-9(8-14)7-12-13-15/h3-4,7H,2,5-6,8H2,1H3. The van der Waals surface area contributed by atoms with Crippen molar-refractivity contribution in [2.45, 2.75) is 30.6 Å². The molecular weight excluding hydrogens is 284 g/mol. The second kappa shape index (κ2) is 4.69. The fraction of sp³-hybridized carbons (Fsp3) is 0.455. The lowest BCUT2D eigenvalue weighted by Crippen LogP contribution is -2.38. The molecule has 0 bridgehead atoms. The zero-order valence-electron chi connectivity index (χ0n) is 10.5. The van der Waals surface area contributed by atoms with E-state index in [1.807, 2.05) is 13.0 Å². The van der Waals surface area contributed by atoms with Crippen LogP contribution in [0.25, 0.3) is 0 Å². The van der Waals surface area contributed by atoms with Crippen LogP contribution < -0.4 is 0 Å². The maximum absolute atomic E-state index is 12.5. The molecule has 0 spiro atoms. The van der Waals surface area contributed by atoms with Crippen LogP contribution in [0.4, 0.5) is 0 Å². The van der Waals surface area contributed by atoms with Gasteiger partial charge >= 0.3 is 0 Å². The Balaban J connectivity index is 1.89. The number of sulfonamides is 1. The van der Waals surface area contributed by atoms with E-state index in [9.17, 15) is 8.42 Å². The summed E-state index contributed by atoms with van der Waals surface area (Å²) >= 11 is 1.35. The van der Waals surface area contributed by atoms with Gasteiger partial charge in [0.05, 0.1) is 25.0 Å². The normalized spacial score (nSPS) is 16.5. The van der Waals surface area contributed by atoms with Crippen molar-refractivity contribution in [1.29, 1.82) is 0 Å². The number of fused-ring (bicyclic) bond motifs is 1. The first-order chi connectivity index (χ1) is 9.11. The molecule has 0 aliphatic carbocycles. The van der Waals surface area contributed by atoms with Crippen molar-refractivity contribution in [1.82, 2.24) is 19.3 Å². The summed E-state index contributed by atoms with van der Waals surface area (Å²) in [5, 5.41) is 7.72. The Kier molecular flexibility index (Phi) is 3.15. The smallest absolute Gasteiger partial charge is 0.247 e. The fourth-order valence-electron chi connectivity index (χ4n) is 2.07. The predicted molar refractivity (Wildman–Crippen MR) is 71.3 cm³/mol. The summed E-state index contributed by atoms with van der Waals surface area (Å²) in [5.41, 5.74) is 0.835. The monoisotopic (exact) mass is 298 g/mol. The Bertz CT molecular complexity index is 689. The molecule has 2 aromatic heterocycles. The summed E-state index contributed by atoms with van der Waals surface area (Å²) in [7, 11) is -3.39. The molecule has 19 heavy (non-hydrogen) atoms. The van der Waals surface area contributed by atoms with Gasteiger partial charge in [-0.2, -0.15) is 4.31 Å². The highest BCUT2D eigenvalue weighted by molar-refractivity contribution is 7.91. The maximum atomic E-state index is 12.5. The van der Waals surface area contributed by atoms with E-state index in [2.05, 4.69) is 10.3 Å². The molecule has 0 N–H and O–H groups in total. The predicted octanol–water partition coefficient (Wildman–Crippen LogP) is 1.11. The average Bonchev–Trinajstić information content (AvgIpc) is 3.06. The van der Waals surface area contributed by atoms with Crippen molar-refractivity contribution in [3.8, 4) is 0 Å². The number of hydrogen-bond donors (Lipinski definition) is 0. The number of nitrogens with zero attached hydrogens (tertiary/aromatic N) is 4. The number of thiophene rings is 1. The van der Waals surface area contributed by atoms with E-state index >= 15 is 0 Å². The highest BCUT2D eigenvalue weighted by atomic mass is 32.2. The van der Waals surface area contributed by atoms with Gasteiger partial charge < -0.3 is 0 Å². The van der Waals surface area contributed by atoms with Gasteiger partial charge in [-0.25, -0.2) is 13.1 Å². The van der Waals surface area contributed by atoms with Gasteiger partial charge in [-0.15, -0.1) is 16.4 Å². The summed E-state index contributed by atoms with van der Waals surface area (Å²) in [6.07, 6.45) is 2.48. The maximum Gasteiger partial charge on any atom is 0.252 e. The van der Waals surface area contributed by atoms with Crippen molar-refractivity contribution >= 4 is 21.4 Å². The number of rotatable bonds is 3. The number of hydrogen-bond acceptors (Lipinski definition) is 5. The van der Waals surface area contributed by atoms with Gasteiger partial charge in [-0.05, 0) is 18.6 Å². The molecule has 0 aromatic carbocycles. The molecule has 0 fully saturated rings. The lowest BCUT2D eigenvalue weighted by Gasteiger charge is -2.25. The Morgan fingerprint density at radius 1 is 1.37 bits per heavy atom. The van der Waals surface area contributed by atoms with Gasteiger partial charge in [-0.3, -0.25) is 0 Å². The minimum absolute atomic E-state index is 0.342. The van der Waals surface area contributed by atoms with Crippen LogP contribution in [0.3, 0.4) is 0 Å². The van der Waals surface area contributed by atoms with E-state index in [1.165, 1.54) is 15.6 Å². The third-order valence-electron chi connectivity index (χ3n) is 3.18. The molecule has 0 amide bonds. The third kappa shape index (κ3) is 2.19. The number of aryl methyl sites for hydroxylation is 1. The first kappa shape index (κ1) is 12.8. The minimum atomic E-state index is -3.39. The Hall–Kier alpha value is -1.25. The van der Waals surface area contributed by atoms with Crippen LogP contribution in [0.2, 0.25) is 0 Å². The SMILES string of the molecule is CCc1ccc(S(=O)(=O)N2CCn3nncc3C2)s1. The Labute approximate surface area is 115 Å². The van der Waals surface area contributed by atoms with Crippen LogP contribution in [0.1, 0.15) is 17.5 Å². The molecule has 1 aliphatic rings. The van der Waals surface area contributed by atoms with Crippen molar-refractivity contribution in [2.24, 2.45) is 0 Å². The van der Waals surface area contributed by atoms with Crippen molar-refractivity contribution in [2.75, 3.05) is 6.54 Å².